The number of aliphatic hydroxyl groups excluding tert-OH is 1. The first-order valence-electron chi connectivity index (χ1n) is 8.95. The predicted molar refractivity (Wildman–Crippen MR) is 92.8 cm³/mol. The van der Waals surface area contributed by atoms with Crippen molar-refractivity contribution in [1.82, 2.24) is 15.1 Å². The number of nitrogens with zero attached hydrogens (tertiary/aromatic N) is 4. The van der Waals surface area contributed by atoms with Crippen molar-refractivity contribution in [3.8, 4) is 6.07 Å². The number of carbonyl (C=O) groups is 1. The number of ether oxygens (including phenoxy) is 1. The van der Waals surface area contributed by atoms with Crippen LogP contribution in [0.1, 0.15) is 37.7 Å². The van der Waals surface area contributed by atoms with Gasteiger partial charge in [-0.2, -0.15) is 10.4 Å². The molecule has 1 aromatic heterocycles. The van der Waals surface area contributed by atoms with Crippen molar-refractivity contribution in [2.75, 3.05) is 24.6 Å². The molecule has 1 aromatic rings. The molecule has 1 saturated carbocycles. The zero-order valence-corrected chi connectivity index (χ0v) is 14.6. The summed E-state index contributed by atoms with van der Waals surface area (Å²) in [5.74, 6) is 0. The van der Waals surface area contributed by atoms with Gasteiger partial charge < -0.3 is 20.1 Å². The number of anilines is 1. The maximum Gasteiger partial charge on any atom is 0.407 e. The van der Waals surface area contributed by atoms with Crippen LogP contribution in [0.5, 0.6) is 0 Å². The maximum absolute atomic E-state index is 12.3. The lowest BCUT2D eigenvalue weighted by molar-refractivity contribution is 0.105. The van der Waals surface area contributed by atoms with E-state index >= 15 is 0 Å². The lowest BCUT2D eigenvalue weighted by Gasteiger charge is -2.20. The zero-order chi connectivity index (χ0) is 18.5. The van der Waals surface area contributed by atoms with Crippen molar-refractivity contribution < 1.29 is 14.6 Å². The molecule has 1 atom stereocenters. The Bertz CT molecular complexity index is 751. The Balaban J connectivity index is 1.63. The molecule has 0 spiro atoms. The van der Waals surface area contributed by atoms with Gasteiger partial charge in [-0.3, -0.25) is 4.79 Å². The Morgan fingerprint density at radius 1 is 1.42 bits per heavy atom. The number of nitriles is 1. The summed E-state index contributed by atoms with van der Waals surface area (Å²) in [6.07, 6.45) is 5.64. The number of alkyl carbamates (subject to hydrolysis) is 1. The van der Waals surface area contributed by atoms with Crippen molar-refractivity contribution in [3.05, 3.63) is 22.1 Å². The molecule has 9 nitrogen and oxygen atoms in total. The van der Waals surface area contributed by atoms with Crippen molar-refractivity contribution in [2.24, 2.45) is 0 Å². The van der Waals surface area contributed by atoms with Gasteiger partial charge in [-0.15, -0.1) is 0 Å². The second-order valence-corrected chi connectivity index (χ2v) is 6.66. The van der Waals surface area contributed by atoms with Gasteiger partial charge in [0.25, 0.3) is 5.56 Å². The smallest absolute Gasteiger partial charge is 0.407 e. The summed E-state index contributed by atoms with van der Waals surface area (Å²) in [6.45, 7) is 0.798. The minimum Gasteiger partial charge on any atom is -0.444 e. The van der Waals surface area contributed by atoms with Gasteiger partial charge in [-0.25, -0.2) is 9.48 Å². The molecule has 0 unspecified atom stereocenters. The number of nitrogens with one attached hydrogen (secondary N) is 1. The SMILES string of the molecule is N#Cc1c(N2CC[C@@H](OC(=O)NC3CCCC3)C2)cnn(CCO)c1=O. The topological polar surface area (TPSA) is 120 Å². The molecule has 0 aromatic carbocycles. The lowest BCUT2D eigenvalue weighted by atomic mass is 10.2. The molecular weight excluding hydrogens is 338 g/mol. The highest BCUT2D eigenvalue weighted by Crippen LogP contribution is 2.23. The number of amides is 1. The highest BCUT2D eigenvalue weighted by Gasteiger charge is 2.29. The van der Waals surface area contributed by atoms with Gasteiger partial charge in [0.05, 0.1) is 31.6 Å². The van der Waals surface area contributed by atoms with E-state index in [1.165, 1.54) is 6.20 Å². The Morgan fingerprint density at radius 2 is 2.19 bits per heavy atom. The second kappa shape index (κ2) is 8.19. The van der Waals surface area contributed by atoms with E-state index in [0.29, 0.717) is 25.2 Å². The first-order chi connectivity index (χ1) is 12.6. The van der Waals surface area contributed by atoms with Crippen molar-refractivity contribution in [1.29, 1.82) is 5.26 Å². The molecule has 9 heteroatoms. The third-order valence-corrected chi connectivity index (χ3v) is 4.88. The molecule has 0 radical (unpaired) electrons. The number of carbonyl (C=O) groups excluding carboxylic acids is 1. The van der Waals surface area contributed by atoms with E-state index in [2.05, 4.69) is 10.4 Å². The summed E-state index contributed by atoms with van der Waals surface area (Å²) >= 11 is 0. The molecule has 1 aliphatic heterocycles. The van der Waals surface area contributed by atoms with Gasteiger partial charge in [0.1, 0.15) is 17.7 Å². The fourth-order valence-corrected chi connectivity index (χ4v) is 3.54. The monoisotopic (exact) mass is 361 g/mol. The minimum absolute atomic E-state index is 0.00972. The van der Waals surface area contributed by atoms with Crippen LogP contribution < -0.4 is 15.8 Å². The zero-order valence-electron chi connectivity index (χ0n) is 14.6. The number of hydrogen-bond acceptors (Lipinski definition) is 7. The molecule has 26 heavy (non-hydrogen) atoms. The maximum atomic E-state index is 12.3. The summed E-state index contributed by atoms with van der Waals surface area (Å²) in [7, 11) is 0. The predicted octanol–water partition coefficient (Wildman–Crippen LogP) is 0.355. The van der Waals surface area contributed by atoms with Crippen LogP contribution in [0.15, 0.2) is 11.0 Å². The van der Waals surface area contributed by atoms with Crippen LogP contribution in [-0.4, -0.2) is 52.8 Å². The number of hydrogen-bond donors (Lipinski definition) is 2. The van der Waals surface area contributed by atoms with Crippen LogP contribution in [0.3, 0.4) is 0 Å². The summed E-state index contributed by atoms with van der Waals surface area (Å²) < 4.78 is 6.55. The number of aliphatic hydroxyl groups is 1. The summed E-state index contributed by atoms with van der Waals surface area (Å²) in [5.41, 5.74) is -0.0964. The molecule has 2 aliphatic rings. The van der Waals surface area contributed by atoms with Gasteiger partial charge in [0, 0.05) is 19.0 Å². The van der Waals surface area contributed by atoms with E-state index in [9.17, 15) is 14.9 Å². The third-order valence-electron chi connectivity index (χ3n) is 4.88. The number of aromatic nitrogens is 2. The van der Waals surface area contributed by atoms with E-state index in [1.807, 2.05) is 11.0 Å². The van der Waals surface area contributed by atoms with Gasteiger partial charge in [0.2, 0.25) is 0 Å². The van der Waals surface area contributed by atoms with E-state index in [4.69, 9.17) is 9.84 Å². The molecule has 1 aliphatic carbocycles. The molecule has 2 heterocycles. The van der Waals surface area contributed by atoms with Crippen LogP contribution in [-0.2, 0) is 11.3 Å². The molecule has 140 valence electrons. The summed E-state index contributed by atoms with van der Waals surface area (Å²) in [5, 5.41) is 25.2. The normalized spacial score (nSPS) is 20.2. The third kappa shape index (κ3) is 3.96. The number of rotatable bonds is 5. The van der Waals surface area contributed by atoms with Gasteiger partial charge >= 0.3 is 6.09 Å². The molecule has 2 fully saturated rings. The van der Waals surface area contributed by atoms with Gasteiger partial charge in [-0.05, 0) is 12.8 Å². The quantitative estimate of drug-likeness (QED) is 0.776. The second-order valence-electron chi connectivity index (χ2n) is 6.66. The van der Waals surface area contributed by atoms with E-state index < -0.39 is 11.7 Å². The molecular formula is C17H23N5O4. The Hall–Kier alpha value is -2.60. The fourth-order valence-electron chi connectivity index (χ4n) is 3.54. The van der Waals surface area contributed by atoms with Gasteiger partial charge in [0.15, 0.2) is 0 Å². The fraction of sp³-hybridized carbons (Fsp3) is 0.647. The van der Waals surface area contributed by atoms with E-state index in [-0.39, 0.29) is 30.9 Å². The van der Waals surface area contributed by atoms with E-state index in [0.717, 1.165) is 30.4 Å². The largest absolute Gasteiger partial charge is 0.444 e. The van der Waals surface area contributed by atoms with Crippen LogP contribution in [0.25, 0.3) is 0 Å². The molecule has 3 rings (SSSR count). The Labute approximate surface area is 151 Å². The minimum atomic E-state index is -0.526. The summed E-state index contributed by atoms with van der Waals surface area (Å²) in [6, 6.07) is 2.13. The van der Waals surface area contributed by atoms with Crippen molar-refractivity contribution >= 4 is 11.8 Å². The van der Waals surface area contributed by atoms with Crippen molar-refractivity contribution in [2.45, 2.75) is 50.8 Å². The first-order valence-corrected chi connectivity index (χ1v) is 8.95. The van der Waals surface area contributed by atoms with Crippen LogP contribution >= 0.6 is 0 Å². The lowest BCUT2D eigenvalue weighted by Crippen LogP contribution is -2.36. The molecule has 2 N–H and O–H groups in total. The average molecular weight is 361 g/mol. The van der Waals surface area contributed by atoms with Crippen LogP contribution in [0, 0.1) is 11.3 Å². The standard InChI is InChI=1S/C17H23N5O4/c18-9-14-15(10-19-22(7-8-23)16(14)24)21-6-5-13(11-21)26-17(25)20-12-3-1-2-4-12/h10,12-13,23H,1-8,11H2,(H,20,25)/t13-/m1/s1. The van der Waals surface area contributed by atoms with Gasteiger partial charge in [-0.1, -0.05) is 12.8 Å². The first kappa shape index (κ1) is 18.2. The highest BCUT2D eigenvalue weighted by molar-refractivity contribution is 5.68. The summed E-state index contributed by atoms with van der Waals surface area (Å²) in [4.78, 5) is 26.1. The molecule has 1 saturated heterocycles. The van der Waals surface area contributed by atoms with Crippen LogP contribution in [0.2, 0.25) is 0 Å². The average Bonchev–Trinajstić information content (AvgIpc) is 3.28. The Morgan fingerprint density at radius 3 is 2.88 bits per heavy atom. The molecule has 0 bridgehead atoms. The highest BCUT2D eigenvalue weighted by atomic mass is 16.6. The Kier molecular flexibility index (Phi) is 5.73. The molecule has 1 amide bonds. The van der Waals surface area contributed by atoms with Crippen LogP contribution in [0.4, 0.5) is 10.5 Å². The van der Waals surface area contributed by atoms with Crippen molar-refractivity contribution in [3.63, 3.8) is 0 Å². The van der Waals surface area contributed by atoms with E-state index in [1.54, 1.807) is 0 Å².